The number of likely N-dealkylation sites (tertiary alicyclic amines) is 1. The van der Waals surface area contributed by atoms with Gasteiger partial charge in [-0.1, -0.05) is 17.3 Å². The molecule has 0 spiro atoms. The van der Waals surface area contributed by atoms with Gasteiger partial charge >= 0.3 is 0 Å². The number of benzene rings is 1. The Morgan fingerprint density at radius 3 is 2.61 bits per heavy atom. The lowest BCUT2D eigenvalue weighted by Crippen LogP contribution is -2.47. The van der Waals surface area contributed by atoms with Crippen LogP contribution in [0.3, 0.4) is 0 Å². The number of fused-ring (bicyclic) bond motifs is 1. The first kappa shape index (κ1) is 19.7. The monoisotopic (exact) mass is 422 g/mol. The maximum atomic E-state index is 14.3. The first-order valence-electron chi connectivity index (χ1n) is 10.6. The van der Waals surface area contributed by atoms with Crippen LogP contribution < -0.4 is 5.32 Å². The van der Waals surface area contributed by atoms with Gasteiger partial charge in [-0.2, -0.15) is 0 Å². The van der Waals surface area contributed by atoms with Crippen LogP contribution in [0.4, 0.5) is 4.39 Å². The number of aromatic nitrogens is 2. The highest BCUT2D eigenvalue weighted by Gasteiger charge is 2.35. The number of rotatable bonds is 4. The third-order valence-electron chi connectivity index (χ3n) is 6.08. The maximum Gasteiger partial charge on any atom is 0.259 e. The Morgan fingerprint density at radius 1 is 1.16 bits per heavy atom. The number of hydrogen-bond donors (Lipinski definition) is 1. The molecule has 1 saturated carbocycles. The lowest BCUT2D eigenvalue weighted by atomic mass is 10.0. The van der Waals surface area contributed by atoms with Crippen LogP contribution in [-0.2, 0) is 4.79 Å². The predicted molar refractivity (Wildman–Crippen MR) is 112 cm³/mol. The van der Waals surface area contributed by atoms with Crippen molar-refractivity contribution >= 4 is 22.9 Å². The second kappa shape index (κ2) is 7.76. The smallest absolute Gasteiger partial charge is 0.259 e. The summed E-state index contributed by atoms with van der Waals surface area (Å²) in [6, 6.07) is 7.84. The molecule has 0 bridgehead atoms. The van der Waals surface area contributed by atoms with E-state index in [1.54, 1.807) is 31.2 Å². The molecule has 1 N–H and O–H groups in total. The molecule has 3 heterocycles. The number of nitrogens with zero attached hydrogens (tertiary/aromatic N) is 3. The number of piperidine rings is 1. The number of hydrogen-bond acceptors (Lipinski definition) is 5. The number of amides is 2. The van der Waals surface area contributed by atoms with Crippen molar-refractivity contribution < 1.29 is 18.5 Å². The molecule has 0 atom stereocenters. The summed E-state index contributed by atoms with van der Waals surface area (Å²) in [4.78, 5) is 31.7. The number of aryl methyl sites for hydroxylation is 1. The van der Waals surface area contributed by atoms with Gasteiger partial charge in [0.05, 0.1) is 22.3 Å². The Hall–Kier alpha value is -3.29. The molecule has 5 rings (SSSR count). The summed E-state index contributed by atoms with van der Waals surface area (Å²) in [5.41, 5.74) is 1.72. The van der Waals surface area contributed by atoms with Crippen molar-refractivity contribution in [1.29, 1.82) is 0 Å². The van der Waals surface area contributed by atoms with Gasteiger partial charge in [-0.05, 0) is 50.8 Å². The SMILES string of the molecule is Cc1noc2nc(-c3ccccc3F)cc(C(=O)NC3CCN(C(=O)C4CC4)CC3)c12. The predicted octanol–water partition coefficient (Wildman–Crippen LogP) is 3.47. The Labute approximate surface area is 178 Å². The molecule has 31 heavy (non-hydrogen) atoms. The fourth-order valence-electron chi connectivity index (χ4n) is 4.18. The van der Waals surface area contributed by atoms with E-state index in [1.165, 1.54) is 6.07 Å². The van der Waals surface area contributed by atoms with Crippen LogP contribution in [0.2, 0.25) is 0 Å². The lowest BCUT2D eigenvalue weighted by Gasteiger charge is -2.32. The summed E-state index contributed by atoms with van der Waals surface area (Å²) in [7, 11) is 0. The molecule has 8 heteroatoms. The van der Waals surface area contributed by atoms with Crippen LogP contribution in [0.5, 0.6) is 0 Å². The van der Waals surface area contributed by atoms with Crippen molar-refractivity contribution in [2.24, 2.45) is 5.92 Å². The van der Waals surface area contributed by atoms with E-state index in [0.29, 0.717) is 53.8 Å². The second-order valence-electron chi connectivity index (χ2n) is 8.33. The van der Waals surface area contributed by atoms with Gasteiger partial charge in [0.25, 0.3) is 11.6 Å². The summed E-state index contributed by atoms with van der Waals surface area (Å²) < 4.78 is 19.6. The molecule has 1 aromatic carbocycles. The van der Waals surface area contributed by atoms with Crippen molar-refractivity contribution in [2.75, 3.05) is 13.1 Å². The number of carbonyl (C=O) groups excluding carboxylic acids is 2. The van der Waals surface area contributed by atoms with Crippen LogP contribution in [-0.4, -0.2) is 46.0 Å². The standard InChI is InChI=1S/C23H23FN4O3/c1-13-20-17(12-19(26-22(20)31-27-13)16-4-2-3-5-18(16)24)21(29)25-15-8-10-28(11-9-15)23(30)14-6-7-14/h2-5,12,14-15H,6-11H2,1H3,(H,25,29). The highest BCUT2D eigenvalue weighted by molar-refractivity contribution is 6.07. The zero-order valence-corrected chi connectivity index (χ0v) is 17.2. The molecule has 1 aliphatic heterocycles. The summed E-state index contributed by atoms with van der Waals surface area (Å²) in [6.45, 7) is 3.05. The largest absolute Gasteiger partial charge is 0.349 e. The van der Waals surface area contributed by atoms with E-state index in [1.807, 2.05) is 4.90 Å². The highest BCUT2D eigenvalue weighted by Crippen LogP contribution is 2.32. The number of halogens is 1. The first-order valence-corrected chi connectivity index (χ1v) is 10.6. The topological polar surface area (TPSA) is 88.3 Å². The van der Waals surface area contributed by atoms with Gasteiger partial charge in [0.1, 0.15) is 5.82 Å². The Bertz CT molecular complexity index is 1160. The molecule has 3 aromatic rings. The average molecular weight is 422 g/mol. The minimum atomic E-state index is -0.426. The Kier molecular flexibility index (Phi) is 4.92. The molecule has 2 aromatic heterocycles. The Morgan fingerprint density at radius 2 is 1.90 bits per heavy atom. The maximum absolute atomic E-state index is 14.3. The molecule has 1 aliphatic carbocycles. The summed E-state index contributed by atoms with van der Waals surface area (Å²) >= 11 is 0. The molecular weight excluding hydrogens is 399 g/mol. The number of nitrogens with one attached hydrogen (secondary N) is 1. The van der Waals surface area contributed by atoms with Crippen LogP contribution in [0, 0.1) is 18.7 Å². The summed E-state index contributed by atoms with van der Waals surface area (Å²) in [5, 5.41) is 7.54. The summed E-state index contributed by atoms with van der Waals surface area (Å²) in [5.74, 6) is -0.243. The third-order valence-corrected chi connectivity index (χ3v) is 6.08. The fraction of sp³-hybridized carbons (Fsp3) is 0.391. The summed E-state index contributed by atoms with van der Waals surface area (Å²) in [6.07, 6.45) is 3.41. The van der Waals surface area contributed by atoms with Gasteiger partial charge in [-0.25, -0.2) is 9.37 Å². The van der Waals surface area contributed by atoms with E-state index >= 15 is 0 Å². The number of carbonyl (C=O) groups is 2. The molecular formula is C23H23FN4O3. The van der Waals surface area contributed by atoms with Crippen molar-refractivity contribution in [2.45, 2.75) is 38.6 Å². The molecule has 2 aliphatic rings. The first-order chi connectivity index (χ1) is 15.0. The van der Waals surface area contributed by atoms with E-state index in [2.05, 4.69) is 15.5 Å². The quantitative estimate of drug-likeness (QED) is 0.696. The average Bonchev–Trinajstić information content (AvgIpc) is 3.56. The van der Waals surface area contributed by atoms with Gasteiger partial charge in [0.2, 0.25) is 5.91 Å². The second-order valence-corrected chi connectivity index (χ2v) is 8.33. The molecule has 2 amide bonds. The minimum Gasteiger partial charge on any atom is -0.349 e. The van der Waals surface area contributed by atoms with Crippen LogP contribution in [0.25, 0.3) is 22.4 Å². The normalized spacial score (nSPS) is 17.2. The van der Waals surface area contributed by atoms with Gasteiger partial charge < -0.3 is 14.7 Å². The van der Waals surface area contributed by atoms with Crippen LogP contribution in [0.1, 0.15) is 41.7 Å². The van der Waals surface area contributed by atoms with E-state index in [0.717, 1.165) is 12.8 Å². The van der Waals surface area contributed by atoms with E-state index in [-0.39, 0.29) is 29.5 Å². The third kappa shape index (κ3) is 3.78. The minimum absolute atomic E-state index is 0.0314. The number of pyridine rings is 1. The van der Waals surface area contributed by atoms with Crippen LogP contribution >= 0.6 is 0 Å². The zero-order chi connectivity index (χ0) is 21.5. The van der Waals surface area contributed by atoms with Gasteiger partial charge in [0.15, 0.2) is 0 Å². The molecule has 7 nitrogen and oxygen atoms in total. The van der Waals surface area contributed by atoms with Crippen molar-refractivity contribution in [3.63, 3.8) is 0 Å². The highest BCUT2D eigenvalue weighted by atomic mass is 19.1. The molecule has 2 fully saturated rings. The van der Waals surface area contributed by atoms with Crippen molar-refractivity contribution in [1.82, 2.24) is 20.4 Å². The van der Waals surface area contributed by atoms with Gasteiger partial charge in [0, 0.05) is 30.6 Å². The Balaban J connectivity index is 1.39. The molecule has 1 saturated heterocycles. The van der Waals surface area contributed by atoms with E-state index in [4.69, 9.17) is 4.52 Å². The van der Waals surface area contributed by atoms with E-state index in [9.17, 15) is 14.0 Å². The fourth-order valence-corrected chi connectivity index (χ4v) is 4.18. The van der Waals surface area contributed by atoms with Crippen LogP contribution in [0.15, 0.2) is 34.9 Å². The van der Waals surface area contributed by atoms with Gasteiger partial charge in [-0.3, -0.25) is 9.59 Å². The lowest BCUT2D eigenvalue weighted by molar-refractivity contribution is -0.133. The van der Waals surface area contributed by atoms with E-state index < -0.39 is 5.82 Å². The van der Waals surface area contributed by atoms with Crippen molar-refractivity contribution in [3.8, 4) is 11.3 Å². The van der Waals surface area contributed by atoms with Gasteiger partial charge in [-0.15, -0.1) is 0 Å². The zero-order valence-electron chi connectivity index (χ0n) is 17.2. The molecule has 0 radical (unpaired) electrons. The molecule has 0 unspecified atom stereocenters. The van der Waals surface area contributed by atoms with Crippen molar-refractivity contribution in [3.05, 3.63) is 47.4 Å². The molecule has 160 valence electrons.